The summed E-state index contributed by atoms with van der Waals surface area (Å²) in [7, 11) is 0. The van der Waals surface area contributed by atoms with Gasteiger partial charge in [-0.15, -0.1) is 0 Å². The normalized spacial score (nSPS) is 10.7. The van der Waals surface area contributed by atoms with Crippen molar-refractivity contribution in [3.8, 4) is 0 Å². The predicted octanol–water partition coefficient (Wildman–Crippen LogP) is 3.98. The number of hydrogen-bond acceptors (Lipinski definition) is 5. The number of amides is 1. The number of benzene rings is 3. The van der Waals surface area contributed by atoms with Gasteiger partial charge in [-0.25, -0.2) is 4.79 Å². The number of ether oxygens (including phenoxy) is 1. The van der Waals surface area contributed by atoms with Crippen LogP contribution in [0.5, 0.6) is 0 Å². The van der Waals surface area contributed by atoms with Crippen LogP contribution in [0.15, 0.2) is 88.1 Å². The van der Waals surface area contributed by atoms with Gasteiger partial charge in [0.2, 0.25) is 0 Å². The lowest BCUT2D eigenvalue weighted by atomic mass is 10.1. The molecule has 0 unspecified atom stereocenters. The van der Waals surface area contributed by atoms with E-state index in [4.69, 9.17) is 9.15 Å². The molecule has 0 saturated heterocycles. The summed E-state index contributed by atoms with van der Waals surface area (Å²) in [5.41, 5.74) is 3.11. The SMILES string of the molecule is O=C(CCn1c(=O)oc2ccccc21)OCc1ccc(C(=O)Nc2ccccc2)cc1. The summed E-state index contributed by atoms with van der Waals surface area (Å²) in [6.45, 7) is 0.258. The fraction of sp³-hybridized carbons (Fsp3) is 0.125. The summed E-state index contributed by atoms with van der Waals surface area (Å²) in [6.07, 6.45) is 0.0427. The van der Waals surface area contributed by atoms with E-state index < -0.39 is 11.7 Å². The molecule has 0 aliphatic heterocycles. The maximum absolute atomic E-state index is 12.3. The van der Waals surface area contributed by atoms with Crippen molar-refractivity contribution in [2.45, 2.75) is 19.6 Å². The number of aromatic nitrogens is 1. The lowest BCUT2D eigenvalue weighted by Gasteiger charge is -2.08. The Kier molecular flexibility index (Phi) is 5.93. The molecule has 1 heterocycles. The molecular weight excluding hydrogens is 396 g/mol. The standard InChI is InChI=1S/C24H20N2O5/c27-22(14-15-26-20-8-4-5-9-21(20)31-24(26)29)30-16-17-10-12-18(13-11-17)23(28)25-19-6-2-1-3-7-19/h1-13H,14-16H2,(H,25,28). The van der Waals surface area contributed by atoms with Crippen LogP contribution in [0.25, 0.3) is 11.1 Å². The average molecular weight is 416 g/mol. The van der Waals surface area contributed by atoms with E-state index in [1.54, 1.807) is 48.5 Å². The van der Waals surface area contributed by atoms with Gasteiger partial charge in [0.25, 0.3) is 5.91 Å². The molecule has 7 heteroatoms. The van der Waals surface area contributed by atoms with Gasteiger partial charge in [0.1, 0.15) is 6.61 Å². The topological polar surface area (TPSA) is 90.5 Å². The van der Waals surface area contributed by atoms with Crippen LogP contribution in [0.1, 0.15) is 22.3 Å². The van der Waals surface area contributed by atoms with Crippen molar-refractivity contribution >= 4 is 28.7 Å². The van der Waals surface area contributed by atoms with Gasteiger partial charge >= 0.3 is 11.7 Å². The fourth-order valence-electron chi connectivity index (χ4n) is 3.14. The molecule has 1 aromatic heterocycles. The maximum Gasteiger partial charge on any atom is 0.419 e. The Bertz CT molecular complexity index is 1260. The summed E-state index contributed by atoms with van der Waals surface area (Å²) in [6, 6.07) is 23.1. The number of nitrogens with zero attached hydrogens (tertiary/aromatic N) is 1. The van der Waals surface area contributed by atoms with E-state index >= 15 is 0 Å². The summed E-state index contributed by atoms with van der Waals surface area (Å²) in [4.78, 5) is 36.3. The number of esters is 1. The molecule has 7 nitrogen and oxygen atoms in total. The molecule has 4 rings (SSSR count). The van der Waals surface area contributed by atoms with Crippen LogP contribution in [0.2, 0.25) is 0 Å². The Morgan fingerprint density at radius 2 is 1.61 bits per heavy atom. The first kappa shape index (κ1) is 20.2. The molecule has 1 amide bonds. The van der Waals surface area contributed by atoms with E-state index in [2.05, 4.69) is 5.32 Å². The number of nitrogens with one attached hydrogen (secondary N) is 1. The van der Waals surface area contributed by atoms with Crippen molar-refractivity contribution in [1.29, 1.82) is 0 Å². The third-order valence-electron chi connectivity index (χ3n) is 4.76. The average Bonchev–Trinajstić information content (AvgIpc) is 3.12. The quantitative estimate of drug-likeness (QED) is 0.460. The summed E-state index contributed by atoms with van der Waals surface area (Å²) in [5.74, 6) is -1.14. The second-order valence-electron chi connectivity index (χ2n) is 6.92. The van der Waals surface area contributed by atoms with E-state index in [9.17, 15) is 14.4 Å². The van der Waals surface area contributed by atoms with Gasteiger partial charge < -0.3 is 14.5 Å². The highest BCUT2D eigenvalue weighted by Gasteiger charge is 2.11. The van der Waals surface area contributed by atoms with Crippen LogP contribution in [-0.4, -0.2) is 16.4 Å². The number of fused-ring (bicyclic) bond motifs is 1. The predicted molar refractivity (Wildman–Crippen MR) is 116 cm³/mol. The molecule has 0 aliphatic carbocycles. The molecule has 3 aromatic carbocycles. The fourth-order valence-corrected chi connectivity index (χ4v) is 3.14. The molecule has 0 atom stereocenters. The van der Waals surface area contributed by atoms with Crippen molar-refractivity contribution in [3.63, 3.8) is 0 Å². The van der Waals surface area contributed by atoms with E-state index in [0.717, 1.165) is 11.3 Å². The van der Waals surface area contributed by atoms with Crippen LogP contribution in [0, 0.1) is 0 Å². The molecule has 4 aromatic rings. The largest absolute Gasteiger partial charge is 0.461 e. The minimum atomic E-state index is -0.502. The zero-order valence-corrected chi connectivity index (χ0v) is 16.6. The van der Waals surface area contributed by atoms with Crippen molar-refractivity contribution in [2.24, 2.45) is 0 Å². The molecule has 0 fully saturated rings. The summed E-state index contributed by atoms with van der Waals surface area (Å²) >= 11 is 0. The number of rotatable bonds is 7. The number of carbonyl (C=O) groups is 2. The highest BCUT2D eigenvalue weighted by Crippen LogP contribution is 2.13. The van der Waals surface area contributed by atoms with Gasteiger partial charge in [0.15, 0.2) is 5.58 Å². The zero-order valence-electron chi connectivity index (χ0n) is 16.6. The van der Waals surface area contributed by atoms with Crippen LogP contribution in [0.3, 0.4) is 0 Å². The lowest BCUT2D eigenvalue weighted by molar-refractivity contribution is -0.145. The van der Waals surface area contributed by atoms with E-state index in [0.29, 0.717) is 16.7 Å². The second kappa shape index (κ2) is 9.13. The van der Waals surface area contributed by atoms with Gasteiger partial charge in [-0.1, -0.05) is 42.5 Å². The minimum Gasteiger partial charge on any atom is -0.461 e. The molecule has 0 radical (unpaired) electrons. The van der Waals surface area contributed by atoms with Gasteiger partial charge in [-0.05, 0) is 42.0 Å². The summed E-state index contributed by atoms with van der Waals surface area (Å²) in [5, 5.41) is 2.82. The first-order valence-corrected chi connectivity index (χ1v) is 9.79. The van der Waals surface area contributed by atoms with E-state index in [1.807, 2.05) is 30.3 Å². The summed E-state index contributed by atoms with van der Waals surface area (Å²) < 4.78 is 11.9. The Hall–Kier alpha value is -4.13. The molecule has 1 N–H and O–H groups in total. The third kappa shape index (κ3) is 4.90. The van der Waals surface area contributed by atoms with Crippen molar-refractivity contribution in [2.75, 3.05) is 5.32 Å². The lowest BCUT2D eigenvalue weighted by Crippen LogP contribution is -2.17. The van der Waals surface area contributed by atoms with Crippen LogP contribution in [-0.2, 0) is 22.7 Å². The smallest absolute Gasteiger partial charge is 0.419 e. The number of anilines is 1. The molecule has 31 heavy (non-hydrogen) atoms. The highest BCUT2D eigenvalue weighted by atomic mass is 16.5. The third-order valence-corrected chi connectivity index (χ3v) is 4.76. The molecule has 156 valence electrons. The molecule has 0 saturated carbocycles. The molecule has 0 aliphatic rings. The Morgan fingerprint density at radius 1 is 0.903 bits per heavy atom. The van der Waals surface area contributed by atoms with Gasteiger partial charge in [-0.2, -0.15) is 0 Å². The first-order chi connectivity index (χ1) is 15.1. The van der Waals surface area contributed by atoms with Gasteiger partial charge in [0, 0.05) is 17.8 Å². The Morgan fingerprint density at radius 3 is 2.39 bits per heavy atom. The first-order valence-electron chi connectivity index (χ1n) is 9.79. The van der Waals surface area contributed by atoms with Crippen LogP contribution < -0.4 is 11.1 Å². The molecule has 0 bridgehead atoms. The van der Waals surface area contributed by atoms with Crippen molar-refractivity contribution in [1.82, 2.24) is 4.57 Å². The molecule has 0 spiro atoms. The maximum atomic E-state index is 12.3. The zero-order chi connectivity index (χ0) is 21.6. The highest BCUT2D eigenvalue weighted by molar-refractivity contribution is 6.04. The second-order valence-corrected chi connectivity index (χ2v) is 6.92. The number of para-hydroxylation sites is 3. The Balaban J connectivity index is 1.29. The van der Waals surface area contributed by atoms with Gasteiger partial charge in [-0.3, -0.25) is 14.2 Å². The monoisotopic (exact) mass is 416 g/mol. The van der Waals surface area contributed by atoms with Crippen LogP contribution in [0.4, 0.5) is 5.69 Å². The van der Waals surface area contributed by atoms with E-state index in [1.165, 1.54) is 4.57 Å². The van der Waals surface area contributed by atoms with Crippen LogP contribution >= 0.6 is 0 Å². The number of oxazole rings is 1. The molecular formula is C24H20N2O5. The van der Waals surface area contributed by atoms with Crippen molar-refractivity contribution < 1.29 is 18.7 Å². The minimum absolute atomic E-state index is 0.0427. The number of aryl methyl sites for hydroxylation is 1. The Labute approximate surface area is 177 Å². The van der Waals surface area contributed by atoms with Crippen molar-refractivity contribution in [3.05, 3.63) is 101 Å². The van der Waals surface area contributed by atoms with Gasteiger partial charge in [0.05, 0.1) is 11.9 Å². The number of hydrogen-bond donors (Lipinski definition) is 1. The van der Waals surface area contributed by atoms with E-state index in [-0.39, 0.29) is 25.5 Å². The number of carbonyl (C=O) groups excluding carboxylic acids is 2.